The lowest BCUT2D eigenvalue weighted by molar-refractivity contribution is 0.401. The minimum Gasteiger partial charge on any atom is -0.416 e. The van der Waals surface area contributed by atoms with Crippen LogP contribution in [0.1, 0.15) is 142 Å². The van der Waals surface area contributed by atoms with Crippen LogP contribution in [0.4, 0.5) is 0 Å². The topological polar surface area (TPSA) is 77.8 Å². The molecule has 0 spiro atoms. The van der Waals surface area contributed by atoms with E-state index in [1.165, 1.54) is 84.7 Å². The van der Waals surface area contributed by atoms with Crippen molar-refractivity contribution < 1.29 is 8.83 Å². The van der Waals surface area contributed by atoms with E-state index in [4.69, 9.17) is 8.83 Å². The van der Waals surface area contributed by atoms with Gasteiger partial charge in [0.25, 0.3) is 0 Å². The number of fused-ring (bicyclic) bond motifs is 3. The molecule has 6 nitrogen and oxygen atoms in total. The fraction of sp³-hybridized carbons (Fsp3) is 0.429. The maximum atomic E-state index is 6.40. The molecule has 0 saturated carbocycles. The molecule has 6 heteroatoms. The van der Waals surface area contributed by atoms with Crippen molar-refractivity contribution in [1.82, 2.24) is 20.4 Å². The Morgan fingerprint density at radius 1 is 0.436 bits per heavy atom. The Bertz CT molecular complexity index is 2050. The molecule has 0 saturated heterocycles. The predicted molar refractivity (Wildman–Crippen MR) is 225 cm³/mol. The van der Waals surface area contributed by atoms with Crippen molar-refractivity contribution in [2.75, 3.05) is 0 Å². The summed E-state index contributed by atoms with van der Waals surface area (Å²) in [6.07, 6.45) is 11.8. The Morgan fingerprint density at radius 3 is 1.13 bits per heavy atom. The van der Waals surface area contributed by atoms with Gasteiger partial charge in [-0.2, -0.15) is 0 Å². The van der Waals surface area contributed by atoms with Gasteiger partial charge < -0.3 is 8.83 Å². The average Bonchev–Trinajstić information content (AvgIpc) is 3.93. The second kappa shape index (κ2) is 15.7. The number of aromatic nitrogens is 4. The summed E-state index contributed by atoms with van der Waals surface area (Å²) in [7, 11) is 0. The van der Waals surface area contributed by atoms with Crippen LogP contribution in [-0.2, 0) is 16.2 Å². The van der Waals surface area contributed by atoms with E-state index < -0.39 is 0 Å². The van der Waals surface area contributed by atoms with E-state index in [0.29, 0.717) is 23.6 Å². The fourth-order valence-electron chi connectivity index (χ4n) is 8.27. The molecule has 1 aliphatic rings. The Balaban J connectivity index is 1.27. The van der Waals surface area contributed by atoms with Crippen LogP contribution in [0.3, 0.4) is 0 Å². The largest absolute Gasteiger partial charge is 0.416 e. The van der Waals surface area contributed by atoms with E-state index in [1.807, 2.05) is 0 Å². The van der Waals surface area contributed by atoms with E-state index in [-0.39, 0.29) is 16.2 Å². The minimum absolute atomic E-state index is 0.0775. The summed E-state index contributed by atoms with van der Waals surface area (Å²) in [4.78, 5) is 0. The van der Waals surface area contributed by atoms with Gasteiger partial charge in [0.2, 0.25) is 23.6 Å². The van der Waals surface area contributed by atoms with Gasteiger partial charge >= 0.3 is 0 Å². The molecule has 0 radical (unpaired) electrons. The van der Waals surface area contributed by atoms with Crippen LogP contribution in [0.15, 0.2) is 93.8 Å². The van der Waals surface area contributed by atoms with Gasteiger partial charge in [-0.05, 0) is 106 Å². The molecule has 0 N–H and O–H groups in total. The van der Waals surface area contributed by atoms with Crippen LogP contribution in [0.5, 0.6) is 0 Å². The van der Waals surface area contributed by atoms with Crippen molar-refractivity contribution in [2.24, 2.45) is 0 Å². The zero-order valence-corrected chi connectivity index (χ0v) is 34.3. The maximum Gasteiger partial charge on any atom is 0.248 e. The van der Waals surface area contributed by atoms with Gasteiger partial charge in [0.1, 0.15) is 0 Å². The third-order valence-corrected chi connectivity index (χ3v) is 11.6. The molecule has 55 heavy (non-hydrogen) atoms. The normalized spacial score (nSPS) is 13.6. The number of nitrogens with zero attached hydrogens (tertiary/aromatic N) is 4. The number of unbranched alkanes of at least 4 members (excludes halogenated alkanes) is 6. The standard InChI is InChI=1S/C49H58N4O2/c1-9-11-13-15-29-49(30-16-14-12-10-2)41-31-35(45-52-50-43(54-45)33-17-23-37(24-18-33)47(3,4)5)21-27-39(41)40-28-22-36(32-42(40)49)46-53-51-44(55-46)34-19-25-38(26-20-34)48(6,7)8/h17-28,31-32H,9-16,29-30H2,1-8H3. The molecule has 7 rings (SSSR count). The molecule has 286 valence electrons. The fourth-order valence-corrected chi connectivity index (χ4v) is 8.27. The molecular formula is C49H58N4O2. The highest BCUT2D eigenvalue weighted by molar-refractivity contribution is 5.85. The van der Waals surface area contributed by atoms with Crippen LogP contribution >= 0.6 is 0 Å². The summed E-state index contributed by atoms with van der Waals surface area (Å²) in [5.74, 6) is 2.18. The van der Waals surface area contributed by atoms with E-state index >= 15 is 0 Å². The zero-order chi connectivity index (χ0) is 38.8. The molecule has 0 amide bonds. The maximum absolute atomic E-state index is 6.40. The third-order valence-electron chi connectivity index (χ3n) is 11.6. The molecule has 0 aliphatic heterocycles. The first-order valence-corrected chi connectivity index (χ1v) is 20.6. The zero-order valence-electron chi connectivity index (χ0n) is 34.3. The molecule has 4 aromatic carbocycles. The highest BCUT2D eigenvalue weighted by Gasteiger charge is 2.43. The Labute approximate surface area is 328 Å². The molecule has 2 heterocycles. The van der Waals surface area contributed by atoms with Crippen molar-refractivity contribution >= 4 is 0 Å². The summed E-state index contributed by atoms with van der Waals surface area (Å²) in [6, 6.07) is 30.5. The lowest BCUT2D eigenvalue weighted by atomic mass is 9.70. The molecule has 2 aromatic heterocycles. The highest BCUT2D eigenvalue weighted by Crippen LogP contribution is 2.56. The Hall–Kier alpha value is -4.84. The SMILES string of the molecule is CCCCCCC1(CCCCCC)c2cc(-c3nnc(-c4ccc(C(C)(C)C)cc4)o3)ccc2-c2ccc(-c3nnc(-c4ccc(C(C)(C)C)cc4)o3)cc21. The monoisotopic (exact) mass is 734 g/mol. The molecular weight excluding hydrogens is 677 g/mol. The Morgan fingerprint density at radius 2 is 0.782 bits per heavy atom. The molecule has 0 bridgehead atoms. The summed E-state index contributed by atoms with van der Waals surface area (Å²) >= 11 is 0. The van der Waals surface area contributed by atoms with Gasteiger partial charge in [-0.1, -0.05) is 143 Å². The van der Waals surface area contributed by atoms with E-state index in [1.54, 1.807) is 0 Å². The van der Waals surface area contributed by atoms with Gasteiger partial charge in [0.05, 0.1) is 0 Å². The van der Waals surface area contributed by atoms with Gasteiger partial charge in [-0.25, -0.2) is 0 Å². The van der Waals surface area contributed by atoms with Crippen molar-refractivity contribution in [3.05, 3.63) is 107 Å². The Kier molecular flexibility index (Phi) is 11.0. The summed E-state index contributed by atoms with van der Waals surface area (Å²) in [5, 5.41) is 18.2. The lowest BCUT2D eigenvalue weighted by Crippen LogP contribution is -2.25. The van der Waals surface area contributed by atoms with E-state index in [2.05, 4.69) is 161 Å². The molecule has 6 aromatic rings. The van der Waals surface area contributed by atoms with Gasteiger partial charge in [0.15, 0.2) is 0 Å². The lowest BCUT2D eigenvalue weighted by Gasteiger charge is -2.33. The van der Waals surface area contributed by atoms with Crippen molar-refractivity contribution in [3.63, 3.8) is 0 Å². The van der Waals surface area contributed by atoms with Crippen LogP contribution in [0.2, 0.25) is 0 Å². The molecule has 0 unspecified atom stereocenters. The van der Waals surface area contributed by atoms with Crippen molar-refractivity contribution in [2.45, 2.75) is 136 Å². The number of benzene rings is 4. The van der Waals surface area contributed by atoms with Crippen LogP contribution in [0.25, 0.3) is 56.9 Å². The predicted octanol–water partition coefficient (Wildman–Crippen LogP) is 13.9. The summed E-state index contributed by atoms with van der Waals surface area (Å²) in [5.41, 5.74) is 11.6. The first kappa shape index (κ1) is 38.4. The highest BCUT2D eigenvalue weighted by atomic mass is 16.4. The first-order chi connectivity index (χ1) is 26.4. The molecule has 1 aliphatic carbocycles. The molecule has 0 atom stereocenters. The van der Waals surface area contributed by atoms with Crippen molar-refractivity contribution in [3.8, 4) is 56.9 Å². The van der Waals surface area contributed by atoms with Gasteiger partial charge in [-0.15, -0.1) is 20.4 Å². The number of hydrogen-bond acceptors (Lipinski definition) is 6. The van der Waals surface area contributed by atoms with Crippen LogP contribution in [0, 0.1) is 0 Å². The van der Waals surface area contributed by atoms with Gasteiger partial charge in [0, 0.05) is 27.7 Å². The van der Waals surface area contributed by atoms with Gasteiger partial charge in [-0.3, -0.25) is 0 Å². The second-order valence-corrected chi connectivity index (χ2v) is 17.7. The minimum atomic E-state index is -0.157. The summed E-state index contributed by atoms with van der Waals surface area (Å²) < 4.78 is 12.8. The third kappa shape index (κ3) is 7.97. The summed E-state index contributed by atoms with van der Waals surface area (Å²) in [6.45, 7) is 17.9. The van der Waals surface area contributed by atoms with Crippen LogP contribution < -0.4 is 0 Å². The number of hydrogen-bond donors (Lipinski definition) is 0. The van der Waals surface area contributed by atoms with E-state index in [9.17, 15) is 0 Å². The molecule has 0 fully saturated rings. The first-order valence-electron chi connectivity index (χ1n) is 20.6. The number of rotatable bonds is 14. The van der Waals surface area contributed by atoms with Crippen LogP contribution in [-0.4, -0.2) is 20.4 Å². The second-order valence-electron chi connectivity index (χ2n) is 17.7. The average molecular weight is 735 g/mol. The van der Waals surface area contributed by atoms with Crippen molar-refractivity contribution in [1.29, 1.82) is 0 Å². The van der Waals surface area contributed by atoms with E-state index in [0.717, 1.165) is 35.1 Å². The smallest absolute Gasteiger partial charge is 0.248 e. The quantitative estimate of drug-likeness (QED) is 0.104.